The fourth-order valence-corrected chi connectivity index (χ4v) is 4.02. The number of nitrogens with one attached hydrogen (secondary N) is 1. The van der Waals surface area contributed by atoms with Crippen LogP contribution < -0.4 is 4.74 Å². The molecule has 1 amide bonds. The van der Waals surface area contributed by atoms with Crippen molar-refractivity contribution in [3.8, 4) is 5.75 Å². The summed E-state index contributed by atoms with van der Waals surface area (Å²) in [5.74, 6) is 0.382. The summed E-state index contributed by atoms with van der Waals surface area (Å²) in [5, 5.41) is 8.23. The van der Waals surface area contributed by atoms with Gasteiger partial charge in [0.15, 0.2) is 0 Å². The van der Waals surface area contributed by atoms with Crippen molar-refractivity contribution >= 4 is 40.0 Å². The van der Waals surface area contributed by atoms with Crippen LogP contribution >= 0.6 is 23.2 Å². The molecule has 0 saturated heterocycles. The highest BCUT2D eigenvalue weighted by Gasteiger charge is 2.33. The maximum absolute atomic E-state index is 12.7. The van der Waals surface area contributed by atoms with E-state index in [1.165, 1.54) is 7.11 Å². The maximum atomic E-state index is 12.7. The number of fused-ring (bicyclic) bond motifs is 3. The number of hydrogen-bond acceptors (Lipinski definition) is 5. The standard InChI is InChI=1S/C19H18Cl2N4O3/c1-10-16-11(6-22-19-13(16)5-14(27-2)17(20)18(19)21)7-25(10)15(26)9-28-8-12-3-4-23-24-12/h3-6,10H,7-9H2,1-2H3,(H,23,24)/t10-/m0/s1. The van der Waals surface area contributed by atoms with Crippen LogP contribution in [0.3, 0.4) is 0 Å². The average Bonchev–Trinajstić information content (AvgIpc) is 3.32. The number of hydrogen-bond donors (Lipinski definition) is 1. The van der Waals surface area contributed by atoms with Crippen molar-refractivity contribution < 1.29 is 14.3 Å². The summed E-state index contributed by atoms with van der Waals surface area (Å²) < 4.78 is 10.8. The van der Waals surface area contributed by atoms with Gasteiger partial charge in [-0.2, -0.15) is 5.10 Å². The van der Waals surface area contributed by atoms with Gasteiger partial charge in [0.05, 0.1) is 36.0 Å². The van der Waals surface area contributed by atoms with Gasteiger partial charge in [-0.05, 0) is 30.2 Å². The number of methoxy groups -OCH3 is 1. The molecule has 4 rings (SSSR count). The highest BCUT2D eigenvalue weighted by atomic mass is 35.5. The van der Waals surface area contributed by atoms with Gasteiger partial charge in [0.1, 0.15) is 17.4 Å². The SMILES string of the molecule is COc1cc2c3c(cnc2c(Cl)c1Cl)CN(C(=O)COCc1cc[nH]n1)[C@H]3C. The molecule has 1 aromatic carbocycles. The lowest BCUT2D eigenvalue weighted by Gasteiger charge is -2.22. The number of rotatable bonds is 5. The van der Waals surface area contributed by atoms with Crippen LogP contribution in [0.1, 0.15) is 29.8 Å². The number of ether oxygens (including phenoxy) is 2. The van der Waals surface area contributed by atoms with E-state index in [9.17, 15) is 4.79 Å². The molecular formula is C19H18Cl2N4O3. The zero-order chi connectivity index (χ0) is 19.8. The Hall–Kier alpha value is -2.35. The van der Waals surface area contributed by atoms with Gasteiger partial charge in [-0.15, -0.1) is 0 Å². The summed E-state index contributed by atoms with van der Waals surface area (Å²) >= 11 is 12.6. The number of nitrogens with zero attached hydrogens (tertiary/aromatic N) is 3. The quantitative estimate of drug-likeness (QED) is 0.676. The summed E-state index contributed by atoms with van der Waals surface area (Å²) in [7, 11) is 1.54. The Labute approximate surface area is 171 Å². The molecule has 0 unspecified atom stereocenters. The van der Waals surface area contributed by atoms with Crippen molar-refractivity contribution in [2.45, 2.75) is 26.1 Å². The van der Waals surface area contributed by atoms with Crippen molar-refractivity contribution in [1.82, 2.24) is 20.1 Å². The van der Waals surface area contributed by atoms with E-state index >= 15 is 0 Å². The van der Waals surface area contributed by atoms with Crippen LogP contribution in [-0.4, -0.2) is 39.7 Å². The summed E-state index contributed by atoms with van der Waals surface area (Å²) in [6, 6.07) is 3.48. The molecule has 0 bridgehead atoms. The molecule has 1 aliphatic heterocycles. The van der Waals surface area contributed by atoms with E-state index in [0.29, 0.717) is 27.9 Å². The zero-order valence-electron chi connectivity index (χ0n) is 15.3. The molecule has 9 heteroatoms. The normalized spacial score (nSPS) is 15.9. The molecule has 0 fully saturated rings. The van der Waals surface area contributed by atoms with E-state index in [1.807, 2.05) is 13.0 Å². The van der Waals surface area contributed by atoms with Crippen LogP contribution in [-0.2, 0) is 22.7 Å². The minimum atomic E-state index is -0.149. The first-order chi connectivity index (χ1) is 13.5. The number of amides is 1. The summed E-state index contributed by atoms with van der Waals surface area (Å²) in [6.45, 7) is 2.70. The Balaban J connectivity index is 1.59. The van der Waals surface area contributed by atoms with Crippen LogP contribution in [0.4, 0.5) is 0 Å². The van der Waals surface area contributed by atoms with Gasteiger partial charge in [-0.1, -0.05) is 23.2 Å². The predicted octanol–water partition coefficient (Wildman–Crippen LogP) is 3.89. The lowest BCUT2D eigenvalue weighted by molar-refractivity contribution is -0.138. The second-order valence-electron chi connectivity index (χ2n) is 6.56. The lowest BCUT2D eigenvalue weighted by atomic mass is 10.0. The molecule has 3 heterocycles. The summed E-state index contributed by atoms with van der Waals surface area (Å²) in [5.41, 5.74) is 3.32. The van der Waals surface area contributed by atoms with Crippen molar-refractivity contribution in [1.29, 1.82) is 0 Å². The van der Waals surface area contributed by atoms with Crippen molar-refractivity contribution in [2.24, 2.45) is 0 Å². The van der Waals surface area contributed by atoms with Gasteiger partial charge in [0.25, 0.3) is 0 Å². The monoisotopic (exact) mass is 420 g/mol. The van der Waals surface area contributed by atoms with Crippen LogP contribution in [0.5, 0.6) is 5.75 Å². The molecule has 2 aromatic heterocycles. The fraction of sp³-hybridized carbons (Fsp3) is 0.316. The molecule has 1 aliphatic rings. The highest BCUT2D eigenvalue weighted by molar-refractivity contribution is 6.46. The first-order valence-electron chi connectivity index (χ1n) is 8.70. The minimum absolute atomic E-state index is 0.0214. The molecular weight excluding hydrogens is 403 g/mol. The van der Waals surface area contributed by atoms with E-state index in [0.717, 1.165) is 22.2 Å². The molecule has 0 radical (unpaired) electrons. The smallest absolute Gasteiger partial charge is 0.249 e. The molecule has 146 valence electrons. The van der Waals surface area contributed by atoms with E-state index < -0.39 is 0 Å². The fourth-order valence-electron chi connectivity index (χ4n) is 3.56. The van der Waals surface area contributed by atoms with E-state index in [2.05, 4.69) is 15.2 Å². The third-order valence-corrected chi connectivity index (χ3v) is 5.77. The topological polar surface area (TPSA) is 80.3 Å². The molecule has 3 aromatic rings. The van der Waals surface area contributed by atoms with Crippen molar-refractivity contribution in [3.63, 3.8) is 0 Å². The van der Waals surface area contributed by atoms with Gasteiger partial charge >= 0.3 is 0 Å². The number of aromatic amines is 1. The number of carbonyl (C=O) groups excluding carboxylic acids is 1. The summed E-state index contributed by atoms with van der Waals surface area (Å²) in [4.78, 5) is 18.9. The Morgan fingerprint density at radius 2 is 2.21 bits per heavy atom. The lowest BCUT2D eigenvalue weighted by Crippen LogP contribution is -2.31. The molecule has 28 heavy (non-hydrogen) atoms. The van der Waals surface area contributed by atoms with Crippen LogP contribution in [0.2, 0.25) is 10.0 Å². The Bertz CT molecular complexity index is 1040. The second kappa shape index (κ2) is 7.58. The molecule has 0 saturated carbocycles. The molecule has 0 spiro atoms. The van der Waals surface area contributed by atoms with Gasteiger partial charge < -0.3 is 14.4 Å². The number of carbonyl (C=O) groups is 1. The van der Waals surface area contributed by atoms with Gasteiger partial charge in [0.2, 0.25) is 5.91 Å². The Morgan fingerprint density at radius 3 is 2.93 bits per heavy atom. The summed E-state index contributed by atoms with van der Waals surface area (Å²) in [6.07, 6.45) is 3.46. The largest absolute Gasteiger partial charge is 0.495 e. The van der Waals surface area contributed by atoms with Crippen LogP contribution in [0.25, 0.3) is 10.9 Å². The van der Waals surface area contributed by atoms with Gasteiger partial charge in [0, 0.05) is 24.3 Å². The third-order valence-electron chi connectivity index (χ3n) is 4.93. The first kappa shape index (κ1) is 19.0. The van der Waals surface area contributed by atoms with Crippen LogP contribution in [0, 0.1) is 0 Å². The van der Waals surface area contributed by atoms with E-state index in [1.54, 1.807) is 23.4 Å². The minimum Gasteiger partial charge on any atom is -0.495 e. The van der Waals surface area contributed by atoms with Gasteiger partial charge in [-0.3, -0.25) is 14.9 Å². The maximum Gasteiger partial charge on any atom is 0.249 e. The van der Waals surface area contributed by atoms with E-state index in [-0.39, 0.29) is 25.2 Å². The first-order valence-corrected chi connectivity index (χ1v) is 9.46. The molecule has 1 atom stereocenters. The van der Waals surface area contributed by atoms with Crippen LogP contribution in [0.15, 0.2) is 24.5 Å². The number of aromatic nitrogens is 3. The Morgan fingerprint density at radius 1 is 1.39 bits per heavy atom. The molecule has 1 N–H and O–H groups in total. The number of pyridine rings is 1. The second-order valence-corrected chi connectivity index (χ2v) is 7.31. The number of H-pyrrole nitrogens is 1. The Kier molecular flexibility index (Phi) is 5.14. The van der Waals surface area contributed by atoms with E-state index in [4.69, 9.17) is 32.7 Å². The molecule has 7 nitrogen and oxygen atoms in total. The van der Waals surface area contributed by atoms with Crippen molar-refractivity contribution in [2.75, 3.05) is 13.7 Å². The highest BCUT2D eigenvalue weighted by Crippen LogP contribution is 2.44. The third kappa shape index (κ3) is 3.19. The molecule has 0 aliphatic carbocycles. The number of benzene rings is 1. The van der Waals surface area contributed by atoms with Crippen molar-refractivity contribution in [3.05, 3.63) is 51.4 Å². The zero-order valence-corrected chi connectivity index (χ0v) is 16.8. The predicted molar refractivity (Wildman–Crippen MR) is 106 cm³/mol. The number of halogens is 2. The van der Waals surface area contributed by atoms with Gasteiger partial charge in [-0.25, -0.2) is 0 Å². The average molecular weight is 421 g/mol.